The summed E-state index contributed by atoms with van der Waals surface area (Å²) in [6.45, 7) is 1.95. The smallest absolute Gasteiger partial charge is 0.251 e. The van der Waals surface area contributed by atoms with Gasteiger partial charge in [0.1, 0.15) is 17.9 Å². The Morgan fingerprint density at radius 3 is 2.68 bits per heavy atom. The average molecular weight is 305 g/mol. The third-order valence-electron chi connectivity index (χ3n) is 4.06. The Morgan fingerprint density at radius 2 is 2.00 bits per heavy atom. The molecule has 3 amide bonds. The van der Waals surface area contributed by atoms with Crippen molar-refractivity contribution in [2.24, 2.45) is 0 Å². The topological polar surface area (TPSA) is 78.5 Å². The number of fused-ring (bicyclic) bond motifs is 1. The molecular weight excluding hydrogens is 289 g/mol. The maximum atomic E-state index is 12.9. The zero-order valence-electron chi connectivity index (χ0n) is 12.0. The first-order chi connectivity index (χ1) is 10.5. The molecule has 1 aromatic rings. The number of piperazine rings is 1. The van der Waals surface area contributed by atoms with Crippen LogP contribution in [0.4, 0.5) is 4.39 Å². The SMILES string of the molecule is C[C@@H]1NC(=O)[C@@H]2C[C@H](NC(=O)c3ccc(F)cc3)CN2C1=O. The fraction of sp³-hybridized carbons (Fsp3) is 0.400. The zero-order chi connectivity index (χ0) is 15.9. The number of halogens is 1. The van der Waals surface area contributed by atoms with Gasteiger partial charge in [-0.2, -0.15) is 0 Å². The van der Waals surface area contributed by atoms with Gasteiger partial charge in [-0.1, -0.05) is 0 Å². The molecule has 2 N–H and O–H groups in total. The van der Waals surface area contributed by atoms with Crippen LogP contribution in [0.15, 0.2) is 24.3 Å². The quantitative estimate of drug-likeness (QED) is 0.810. The molecule has 0 unspecified atom stereocenters. The van der Waals surface area contributed by atoms with Gasteiger partial charge in [0, 0.05) is 18.2 Å². The Balaban J connectivity index is 1.68. The minimum atomic E-state index is -0.532. The Hall–Kier alpha value is -2.44. The number of nitrogens with one attached hydrogen (secondary N) is 2. The number of hydrogen-bond acceptors (Lipinski definition) is 3. The summed E-state index contributed by atoms with van der Waals surface area (Å²) in [7, 11) is 0. The highest BCUT2D eigenvalue weighted by molar-refractivity contribution is 5.98. The first-order valence-electron chi connectivity index (χ1n) is 7.13. The molecular formula is C15H16FN3O3. The summed E-state index contributed by atoms with van der Waals surface area (Å²) in [5.74, 6) is -1.08. The summed E-state index contributed by atoms with van der Waals surface area (Å²) in [4.78, 5) is 37.6. The average Bonchev–Trinajstić information content (AvgIpc) is 2.90. The van der Waals surface area contributed by atoms with E-state index in [0.717, 1.165) is 0 Å². The van der Waals surface area contributed by atoms with E-state index in [-0.39, 0.29) is 23.8 Å². The Kier molecular flexibility index (Phi) is 3.56. The van der Waals surface area contributed by atoms with E-state index in [1.807, 2.05) is 0 Å². The monoisotopic (exact) mass is 305 g/mol. The zero-order valence-corrected chi connectivity index (χ0v) is 12.0. The summed E-state index contributed by atoms with van der Waals surface area (Å²) < 4.78 is 12.9. The molecule has 2 fully saturated rings. The number of hydrogen-bond donors (Lipinski definition) is 2. The summed E-state index contributed by atoms with van der Waals surface area (Å²) in [5.41, 5.74) is 0.343. The molecule has 0 saturated carbocycles. The molecule has 0 aromatic heterocycles. The summed E-state index contributed by atoms with van der Waals surface area (Å²) in [6, 6.07) is 3.87. The van der Waals surface area contributed by atoms with Crippen molar-refractivity contribution in [1.82, 2.24) is 15.5 Å². The van der Waals surface area contributed by atoms with Gasteiger partial charge in [-0.05, 0) is 37.6 Å². The normalized spacial score (nSPS) is 27.4. The predicted octanol–water partition coefficient (Wildman–Crippen LogP) is 0.0433. The van der Waals surface area contributed by atoms with E-state index in [9.17, 15) is 18.8 Å². The van der Waals surface area contributed by atoms with E-state index < -0.39 is 17.9 Å². The van der Waals surface area contributed by atoms with Gasteiger partial charge >= 0.3 is 0 Å². The van der Waals surface area contributed by atoms with Crippen molar-refractivity contribution in [1.29, 1.82) is 0 Å². The van der Waals surface area contributed by atoms with Crippen LogP contribution in [0.1, 0.15) is 23.7 Å². The number of benzene rings is 1. The second-order valence-electron chi connectivity index (χ2n) is 5.65. The van der Waals surface area contributed by atoms with Crippen LogP contribution in [0.2, 0.25) is 0 Å². The van der Waals surface area contributed by atoms with Crippen molar-refractivity contribution >= 4 is 17.7 Å². The highest BCUT2D eigenvalue weighted by atomic mass is 19.1. The largest absolute Gasteiger partial charge is 0.347 e. The van der Waals surface area contributed by atoms with Crippen LogP contribution in [0.3, 0.4) is 0 Å². The van der Waals surface area contributed by atoms with E-state index >= 15 is 0 Å². The first kappa shape index (κ1) is 14.5. The molecule has 116 valence electrons. The van der Waals surface area contributed by atoms with Gasteiger partial charge in [0.05, 0.1) is 0 Å². The van der Waals surface area contributed by atoms with Crippen molar-refractivity contribution in [3.63, 3.8) is 0 Å². The van der Waals surface area contributed by atoms with Crippen LogP contribution >= 0.6 is 0 Å². The summed E-state index contributed by atoms with van der Waals surface area (Å²) in [6.07, 6.45) is 0.386. The van der Waals surface area contributed by atoms with Gasteiger partial charge < -0.3 is 15.5 Å². The van der Waals surface area contributed by atoms with Crippen molar-refractivity contribution in [2.75, 3.05) is 6.54 Å². The molecule has 6 nitrogen and oxygen atoms in total. The highest BCUT2D eigenvalue weighted by Gasteiger charge is 2.45. The summed E-state index contributed by atoms with van der Waals surface area (Å²) >= 11 is 0. The molecule has 3 rings (SSSR count). The number of carbonyl (C=O) groups is 3. The number of amides is 3. The van der Waals surface area contributed by atoms with Crippen LogP contribution in [0.25, 0.3) is 0 Å². The fourth-order valence-corrected chi connectivity index (χ4v) is 2.92. The van der Waals surface area contributed by atoms with Crippen LogP contribution < -0.4 is 10.6 Å². The van der Waals surface area contributed by atoms with Gasteiger partial charge in [-0.15, -0.1) is 0 Å². The lowest BCUT2D eigenvalue weighted by atomic mass is 10.1. The fourth-order valence-electron chi connectivity index (χ4n) is 2.92. The van der Waals surface area contributed by atoms with Crippen molar-refractivity contribution < 1.29 is 18.8 Å². The molecule has 0 aliphatic carbocycles. The Labute approximate surface area is 126 Å². The second-order valence-corrected chi connectivity index (χ2v) is 5.65. The second kappa shape index (κ2) is 5.40. The van der Waals surface area contributed by atoms with Gasteiger partial charge in [0.25, 0.3) is 5.91 Å². The first-order valence-corrected chi connectivity index (χ1v) is 7.13. The minimum absolute atomic E-state index is 0.136. The molecule has 3 atom stereocenters. The van der Waals surface area contributed by atoms with Crippen LogP contribution in [0.5, 0.6) is 0 Å². The van der Waals surface area contributed by atoms with Crippen molar-refractivity contribution in [3.8, 4) is 0 Å². The van der Waals surface area contributed by atoms with Crippen LogP contribution in [-0.4, -0.2) is 47.3 Å². The molecule has 2 saturated heterocycles. The maximum absolute atomic E-state index is 12.9. The van der Waals surface area contributed by atoms with E-state index in [2.05, 4.69) is 10.6 Å². The third-order valence-corrected chi connectivity index (χ3v) is 4.06. The minimum Gasteiger partial charge on any atom is -0.347 e. The van der Waals surface area contributed by atoms with Crippen molar-refractivity contribution in [3.05, 3.63) is 35.6 Å². The van der Waals surface area contributed by atoms with Gasteiger partial charge in [-0.25, -0.2) is 4.39 Å². The highest BCUT2D eigenvalue weighted by Crippen LogP contribution is 2.22. The molecule has 2 aliphatic heterocycles. The predicted molar refractivity (Wildman–Crippen MR) is 75.4 cm³/mol. The maximum Gasteiger partial charge on any atom is 0.251 e. The Bertz CT molecular complexity index is 631. The molecule has 0 radical (unpaired) electrons. The van der Waals surface area contributed by atoms with Gasteiger partial charge in [-0.3, -0.25) is 14.4 Å². The standard InChI is InChI=1S/C15H16FN3O3/c1-8-15(22)19-7-11(6-12(19)14(21)17-8)18-13(20)9-2-4-10(16)5-3-9/h2-5,8,11-12H,6-7H2,1H3,(H,17,21)(H,18,20)/t8-,11-,12-/m0/s1. The number of nitrogens with zero attached hydrogens (tertiary/aromatic N) is 1. The van der Waals surface area contributed by atoms with E-state index in [4.69, 9.17) is 0 Å². The van der Waals surface area contributed by atoms with Gasteiger partial charge in [0.2, 0.25) is 11.8 Å². The van der Waals surface area contributed by atoms with Gasteiger partial charge in [0.15, 0.2) is 0 Å². The number of rotatable bonds is 2. The molecule has 2 heterocycles. The van der Waals surface area contributed by atoms with Crippen molar-refractivity contribution in [2.45, 2.75) is 31.5 Å². The lowest BCUT2D eigenvalue weighted by Crippen LogP contribution is -2.60. The van der Waals surface area contributed by atoms with E-state index in [1.165, 1.54) is 29.2 Å². The Morgan fingerprint density at radius 1 is 1.32 bits per heavy atom. The van der Waals surface area contributed by atoms with E-state index in [0.29, 0.717) is 18.5 Å². The van der Waals surface area contributed by atoms with E-state index in [1.54, 1.807) is 6.92 Å². The molecule has 22 heavy (non-hydrogen) atoms. The van der Waals surface area contributed by atoms with Crippen LogP contribution in [0, 0.1) is 5.82 Å². The molecule has 1 aromatic carbocycles. The third kappa shape index (κ3) is 2.54. The lowest BCUT2D eigenvalue weighted by molar-refractivity contribution is -0.146. The molecule has 2 aliphatic rings. The van der Waals surface area contributed by atoms with Crippen LogP contribution in [-0.2, 0) is 9.59 Å². The summed E-state index contributed by atoms with van der Waals surface area (Å²) in [5, 5.41) is 5.42. The molecule has 7 heteroatoms. The molecule has 0 spiro atoms. The molecule has 0 bridgehead atoms. The lowest BCUT2D eigenvalue weighted by Gasteiger charge is -2.32. The number of carbonyl (C=O) groups excluding carboxylic acids is 3.